The number of hydrogen-bond acceptors (Lipinski definition) is 2. The number of piperazine rings is 1. The van der Waals surface area contributed by atoms with Gasteiger partial charge in [0, 0.05) is 6.04 Å². The van der Waals surface area contributed by atoms with Crippen LogP contribution in [0.3, 0.4) is 0 Å². The van der Waals surface area contributed by atoms with Gasteiger partial charge in [-0.25, -0.2) is 0 Å². The van der Waals surface area contributed by atoms with E-state index in [-0.39, 0.29) is 17.9 Å². The predicted octanol–water partition coefficient (Wildman–Crippen LogP) is 0.768. The number of rotatable bonds is 2. The summed E-state index contributed by atoms with van der Waals surface area (Å²) in [5.41, 5.74) is 0. The Bertz CT molecular complexity index is 457. The monoisotopic (exact) mass is 260 g/mol. The van der Waals surface area contributed by atoms with Crippen LogP contribution in [0.1, 0.15) is 32.1 Å². The standard InChI is InChI=1S/C15H20N2O2/c18-10-6-17(15(19)13(16-10)7-1-2-7)14-11-8-3-4-9(5-8)12(11)14/h7-9,11-14H,1-6H2,(H,16,18). The van der Waals surface area contributed by atoms with Crippen molar-refractivity contribution in [3.8, 4) is 0 Å². The second-order valence-electron chi connectivity index (χ2n) is 7.33. The van der Waals surface area contributed by atoms with E-state index in [0.717, 1.165) is 36.5 Å². The van der Waals surface area contributed by atoms with Crippen molar-refractivity contribution in [2.45, 2.75) is 44.2 Å². The van der Waals surface area contributed by atoms with Gasteiger partial charge in [-0.15, -0.1) is 0 Å². The van der Waals surface area contributed by atoms with Crippen LogP contribution in [0.15, 0.2) is 0 Å². The number of carbonyl (C=O) groups is 2. The average Bonchev–Trinajstić information content (AvgIpc) is 3.30. The smallest absolute Gasteiger partial charge is 0.246 e. The normalized spacial score (nSPS) is 51.3. The fraction of sp³-hybridized carbons (Fsp3) is 0.867. The van der Waals surface area contributed by atoms with Crippen LogP contribution in [0.4, 0.5) is 0 Å². The van der Waals surface area contributed by atoms with Crippen molar-refractivity contribution in [3.63, 3.8) is 0 Å². The van der Waals surface area contributed by atoms with Crippen LogP contribution >= 0.6 is 0 Å². The summed E-state index contributed by atoms with van der Waals surface area (Å²) in [4.78, 5) is 26.5. The fourth-order valence-corrected chi connectivity index (χ4v) is 5.39. The van der Waals surface area contributed by atoms with E-state index in [1.807, 2.05) is 4.90 Å². The van der Waals surface area contributed by atoms with Crippen LogP contribution in [0.5, 0.6) is 0 Å². The molecule has 4 aliphatic carbocycles. The van der Waals surface area contributed by atoms with Gasteiger partial charge in [-0.05, 0) is 61.7 Å². The van der Waals surface area contributed by atoms with Gasteiger partial charge < -0.3 is 10.2 Å². The minimum Gasteiger partial charge on any atom is -0.342 e. The van der Waals surface area contributed by atoms with E-state index in [4.69, 9.17) is 0 Å². The molecule has 4 heteroatoms. The third-order valence-electron chi connectivity index (χ3n) is 6.33. The molecule has 102 valence electrons. The maximum atomic E-state index is 12.6. The molecule has 4 saturated carbocycles. The van der Waals surface area contributed by atoms with Crippen LogP contribution in [0, 0.1) is 29.6 Å². The van der Waals surface area contributed by atoms with Crippen LogP contribution < -0.4 is 5.32 Å². The fourth-order valence-electron chi connectivity index (χ4n) is 5.39. The molecule has 5 aliphatic rings. The van der Waals surface area contributed by atoms with Gasteiger partial charge in [0.1, 0.15) is 6.04 Å². The molecule has 1 N–H and O–H groups in total. The van der Waals surface area contributed by atoms with Crippen LogP contribution in [0.2, 0.25) is 0 Å². The second-order valence-corrected chi connectivity index (χ2v) is 7.33. The molecule has 1 saturated heterocycles. The van der Waals surface area contributed by atoms with Gasteiger partial charge in [-0.1, -0.05) is 0 Å². The summed E-state index contributed by atoms with van der Waals surface area (Å²) in [7, 11) is 0. The molecule has 5 unspecified atom stereocenters. The molecule has 19 heavy (non-hydrogen) atoms. The van der Waals surface area contributed by atoms with Gasteiger partial charge >= 0.3 is 0 Å². The summed E-state index contributed by atoms with van der Waals surface area (Å²) in [6.45, 7) is 0.319. The molecular weight excluding hydrogens is 240 g/mol. The molecule has 4 nitrogen and oxygen atoms in total. The van der Waals surface area contributed by atoms with E-state index in [1.165, 1.54) is 19.3 Å². The van der Waals surface area contributed by atoms with E-state index in [1.54, 1.807) is 0 Å². The van der Waals surface area contributed by atoms with Crippen molar-refractivity contribution >= 4 is 11.8 Å². The number of nitrogens with zero attached hydrogens (tertiary/aromatic N) is 1. The van der Waals surface area contributed by atoms with Crippen molar-refractivity contribution in [2.24, 2.45) is 29.6 Å². The molecule has 2 bridgehead atoms. The lowest BCUT2D eigenvalue weighted by atomic mass is 10.0. The van der Waals surface area contributed by atoms with Gasteiger partial charge in [0.25, 0.3) is 0 Å². The zero-order chi connectivity index (χ0) is 12.7. The minimum atomic E-state index is -0.194. The lowest BCUT2D eigenvalue weighted by Crippen LogP contribution is -2.60. The number of nitrogens with one attached hydrogen (secondary N) is 1. The zero-order valence-corrected chi connectivity index (χ0v) is 11.0. The molecule has 5 atom stereocenters. The highest BCUT2D eigenvalue weighted by atomic mass is 16.2. The minimum absolute atomic E-state index is 0.0637. The van der Waals surface area contributed by atoms with Crippen molar-refractivity contribution in [3.05, 3.63) is 0 Å². The molecule has 0 aromatic rings. The van der Waals surface area contributed by atoms with Crippen molar-refractivity contribution in [2.75, 3.05) is 6.54 Å². The summed E-state index contributed by atoms with van der Waals surface area (Å²) in [5, 5.41) is 2.91. The molecular formula is C15H20N2O2. The van der Waals surface area contributed by atoms with Crippen molar-refractivity contribution in [1.82, 2.24) is 10.2 Å². The average molecular weight is 260 g/mol. The predicted molar refractivity (Wildman–Crippen MR) is 68.0 cm³/mol. The molecule has 0 aromatic heterocycles. The number of fused-ring (bicyclic) bond motifs is 5. The second kappa shape index (κ2) is 3.33. The first-order valence-electron chi connectivity index (χ1n) is 7.84. The molecule has 1 aliphatic heterocycles. The molecule has 5 fully saturated rings. The Hall–Kier alpha value is -1.06. The Morgan fingerprint density at radius 3 is 2.21 bits per heavy atom. The van der Waals surface area contributed by atoms with Gasteiger partial charge in [0.05, 0.1) is 6.54 Å². The van der Waals surface area contributed by atoms with Crippen LogP contribution in [-0.4, -0.2) is 35.3 Å². The molecule has 1 heterocycles. The number of amides is 2. The van der Waals surface area contributed by atoms with E-state index in [2.05, 4.69) is 5.32 Å². The summed E-state index contributed by atoms with van der Waals surface area (Å²) in [6, 6.07) is 0.228. The first kappa shape index (κ1) is 10.7. The summed E-state index contributed by atoms with van der Waals surface area (Å²) in [5.74, 6) is 3.92. The Morgan fingerprint density at radius 2 is 1.58 bits per heavy atom. The maximum absolute atomic E-state index is 12.6. The van der Waals surface area contributed by atoms with Crippen LogP contribution in [0.25, 0.3) is 0 Å². The highest BCUT2D eigenvalue weighted by Gasteiger charge is 2.68. The summed E-state index contributed by atoms with van der Waals surface area (Å²) < 4.78 is 0. The van der Waals surface area contributed by atoms with Crippen molar-refractivity contribution in [1.29, 1.82) is 0 Å². The first-order chi connectivity index (χ1) is 9.24. The summed E-state index contributed by atoms with van der Waals surface area (Å²) >= 11 is 0. The van der Waals surface area contributed by atoms with E-state index < -0.39 is 0 Å². The Morgan fingerprint density at radius 1 is 0.947 bits per heavy atom. The Kier molecular flexibility index (Phi) is 1.88. The first-order valence-corrected chi connectivity index (χ1v) is 7.84. The summed E-state index contributed by atoms with van der Waals surface area (Å²) in [6.07, 6.45) is 6.33. The molecule has 5 rings (SSSR count). The van der Waals surface area contributed by atoms with Crippen LogP contribution in [-0.2, 0) is 9.59 Å². The van der Waals surface area contributed by atoms with Gasteiger partial charge in [-0.3, -0.25) is 9.59 Å². The maximum Gasteiger partial charge on any atom is 0.246 e. The third kappa shape index (κ3) is 1.35. The molecule has 0 aromatic carbocycles. The Labute approximate surface area is 112 Å². The van der Waals surface area contributed by atoms with Gasteiger partial charge in [0.15, 0.2) is 0 Å². The topological polar surface area (TPSA) is 49.4 Å². The lowest BCUT2D eigenvalue weighted by molar-refractivity contribution is -0.146. The SMILES string of the molecule is O=C1CN(C2C3C4CCC(C4)C32)C(=O)C(C2CC2)N1. The lowest BCUT2D eigenvalue weighted by Gasteiger charge is -2.34. The highest BCUT2D eigenvalue weighted by molar-refractivity contribution is 5.95. The van der Waals surface area contributed by atoms with Gasteiger partial charge in [-0.2, -0.15) is 0 Å². The van der Waals surface area contributed by atoms with E-state index in [9.17, 15) is 9.59 Å². The molecule has 0 spiro atoms. The van der Waals surface area contributed by atoms with Gasteiger partial charge in [0.2, 0.25) is 11.8 Å². The molecule has 0 radical (unpaired) electrons. The van der Waals surface area contributed by atoms with E-state index in [0.29, 0.717) is 18.5 Å². The largest absolute Gasteiger partial charge is 0.342 e. The highest BCUT2D eigenvalue weighted by Crippen LogP contribution is 2.67. The van der Waals surface area contributed by atoms with Crippen molar-refractivity contribution < 1.29 is 9.59 Å². The Balaban J connectivity index is 1.40. The number of hydrogen-bond donors (Lipinski definition) is 1. The zero-order valence-electron chi connectivity index (χ0n) is 11.0. The third-order valence-corrected chi connectivity index (χ3v) is 6.33. The molecule has 2 amide bonds. The quantitative estimate of drug-likeness (QED) is 0.797. The number of carbonyl (C=O) groups excluding carboxylic acids is 2. The van der Waals surface area contributed by atoms with E-state index >= 15 is 0 Å².